The molecule has 9 heteroatoms. The molecule has 0 unspecified atom stereocenters. The van der Waals surface area contributed by atoms with Gasteiger partial charge in [0.15, 0.2) is 0 Å². The SMILES string of the molecule is NCC(=O)N[C@@H](CCc1ccccc1)C(=O)NCc1ccc(OC(F)(F)F)cc1. The number of benzene rings is 2. The third kappa shape index (κ3) is 8.22. The summed E-state index contributed by atoms with van der Waals surface area (Å²) < 4.78 is 40.4. The molecule has 2 amide bonds. The molecule has 0 aliphatic carbocycles. The summed E-state index contributed by atoms with van der Waals surface area (Å²) in [4.78, 5) is 24.1. The Morgan fingerprint density at radius 3 is 2.24 bits per heavy atom. The smallest absolute Gasteiger partial charge is 0.406 e. The van der Waals surface area contributed by atoms with Gasteiger partial charge in [-0.2, -0.15) is 0 Å². The van der Waals surface area contributed by atoms with Gasteiger partial charge in [0.2, 0.25) is 11.8 Å². The van der Waals surface area contributed by atoms with Crippen molar-refractivity contribution in [3.63, 3.8) is 0 Å². The van der Waals surface area contributed by atoms with Crippen LogP contribution in [-0.4, -0.2) is 30.8 Å². The topological polar surface area (TPSA) is 93.5 Å². The molecule has 6 nitrogen and oxygen atoms in total. The van der Waals surface area contributed by atoms with E-state index in [1.165, 1.54) is 12.1 Å². The summed E-state index contributed by atoms with van der Waals surface area (Å²) >= 11 is 0. The fourth-order valence-corrected chi connectivity index (χ4v) is 2.60. The Labute approximate surface area is 166 Å². The predicted octanol–water partition coefficient (Wildman–Crippen LogP) is 2.28. The van der Waals surface area contributed by atoms with E-state index >= 15 is 0 Å². The average Bonchev–Trinajstić information content (AvgIpc) is 2.69. The summed E-state index contributed by atoms with van der Waals surface area (Å²) in [6, 6.07) is 13.9. The van der Waals surface area contributed by atoms with E-state index in [-0.39, 0.29) is 18.8 Å². The maximum atomic E-state index is 12.5. The summed E-state index contributed by atoms with van der Waals surface area (Å²) in [5.74, 6) is -1.20. The van der Waals surface area contributed by atoms with Crippen LogP contribution in [0.2, 0.25) is 0 Å². The van der Waals surface area contributed by atoms with Gasteiger partial charge in [-0.05, 0) is 36.1 Å². The van der Waals surface area contributed by atoms with Gasteiger partial charge in [0.05, 0.1) is 6.54 Å². The molecule has 29 heavy (non-hydrogen) atoms. The van der Waals surface area contributed by atoms with Crippen LogP contribution in [0, 0.1) is 0 Å². The molecule has 156 valence electrons. The third-order valence-corrected chi connectivity index (χ3v) is 4.03. The molecular formula is C20H22F3N3O3. The van der Waals surface area contributed by atoms with Gasteiger partial charge < -0.3 is 21.1 Å². The highest BCUT2D eigenvalue weighted by Crippen LogP contribution is 2.22. The number of ether oxygens (including phenoxy) is 1. The molecule has 0 saturated heterocycles. The highest BCUT2D eigenvalue weighted by molar-refractivity contribution is 5.88. The molecule has 2 rings (SSSR count). The van der Waals surface area contributed by atoms with Gasteiger partial charge in [-0.3, -0.25) is 9.59 Å². The van der Waals surface area contributed by atoms with Gasteiger partial charge >= 0.3 is 6.36 Å². The number of hydrogen-bond donors (Lipinski definition) is 3. The zero-order valence-corrected chi connectivity index (χ0v) is 15.5. The van der Waals surface area contributed by atoms with Gasteiger partial charge in [-0.25, -0.2) is 0 Å². The second-order valence-electron chi connectivity index (χ2n) is 6.26. The first-order valence-corrected chi connectivity index (χ1v) is 8.92. The molecule has 0 aliphatic heterocycles. The van der Waals surface area contributed by atoms with Crippen LogP contribution in [0.25, 0.3) is 0 Å². The summed E-state index contributed by atoms with van der Waals surface area (Å²) in [6.45, 7) is -0.152. The number of rotatable bonds is 9. The number of hydrogen-bond acceptors (Lipinski definition) is 4. The summed E-state index contributed by atoms with van der Waals surface area (Å²) in [6.07, 6.45) is -3.81. The standard InChI is InChI=1S/C20H22F3N3O3/c21-20(22,23)29-16-9-6-15(7-10-16)13-25-19(28)17(26-18(27)12-24)11-8-14-4-2-1-3-5-14/h1-7,9-10,17H,8,11-13,24H2,(H,25,28)(H,26,27)/t17-/m0/s1. The molecule has 0 heterocycles. The Hall–Kier alpha value is -3.07. The molecule has 2 aromatic carbocycles. The fraction of sp³-hybridized carbons (Fsp3) is 0.300. The van der Waals surface area contributed by atoms with Crippen LogP contribution in [0.3, 0.4) is 0 Å². The number of amides is 2. The van der Waals surface area contributed by atoms with Crippen LogP contribution in [0.4, 0.5) is 13.2 Å². The van der Waals surface area contributed by atoms with E-state index in [1.807, 2.05) is 30.3 Å². The van der Waals surface area contributed by atoms with E-state index in [4.69, 9.17) is 5.73 Å². The first-order chi connectivity index (χ1) is 13.8. The van der Waals surface area contributed by atoms with Crippen molar-refractivity contribution in [2.24, 2.45) is 5.73 Å². The predicted molar refractivity (Wildman–Crippen MR) is 101 cm³/mol. The van der Waals surface area contributed by atoms with E-state index in [0.717, 1.165) is 17.7 Å². The number of nitrogens with two attached hydrogens (primary N) is 1. The van der Waals surface area contributed by atoms with Crippen molar-refractivity contribution in [2.45, 2.75) is 31.8 Å². The molecule has 0 fully saturated rings. The van der Waals surface area contributed by atoms with Gasteiger partial charge in [-0.15, -0.1) is 13.2 Å². The number of alkyl halides is 3. The molecule has 0 aromatic heterocycles. The van der Waals surface area contributed by atoms with E-state index in [0.29, 0.717) is 18.4 Å². The molecule has 0 aliphatic rings. The zero-order chi connectivity index (χ0) is 21.3. The van der Waals surface area contributed by atoms with Crippen molar-refractivity contribution < 1.29 is 27.5 Å². The van der Waals surface area contributed by atoms with Gasteiger partial charge in [0, 0.05) is 6.54 Å². The van der Waals surface area contributed by atoms with Crippen molar-refractivity contribution in [1.29, 1.82) is 0 Å². The van der Waals surface area contributed by atoms with Crippen LogP contribution >= 0.6 is 0 Å². The fourth-order valence-electron chi connectivity index (χ4n) is 2.60. The third-order valence-electron chi connectivity index (χ3n) is 4.03. The molecule has 4 N–H and O–H groups in total. The highest BCUT2D eigenvalue weighted by atomic mass is 19.4. The zero-order valence-electron chi connectivity index (χ0n) is 15.5. The monoisotopic (exact) mass is 409 g/mol. The number of nitrogens with one attached hydrogen (secondary N) is 2. The minimum Gasteiger partial charge on any atom is -0.406 e. The lowest BCUT2D eigenvalue weighted by molar-refractivity contribution is -0.274. The summed E-state index contributed by atoms with van der Waals surface area (Å²) in [5.41, 5.74) is 6.92. The Morgan fingerprint density at radius 1 is 1.00 bits per heavy atom. The van der Waals surface area contributed by atoms with Crippen molar-refractivity contribution in [2.75, 3.05) is 6.54 Å². The summed E-state index contributed by atoms with van der Waals surface area (Å²) in [7, 11) is 0. The Kier molecular flexibility index (Phi) is 8.02. The van der Waals surface area contributed by atoms with Crippen LogP contribution in [-0.2, 0) is 22.6 Å². The van der Waals surface area contributed by atoms with Crippen LogP contribution in [0.5, 0.6) is 5.75 Å². The van der Waals surface area contributed by atoms with Crippen molar-refractivity contribution >= 4 is 11.8 Å². The normalized spacial score (nSPS) is 12.1. The number of carbonyl (C=O) groups is 2. The van der Waals surface area contributed by atoms with Crippen molar-refractivity contribution in [1.82, 2.24) is 10.6 Å². The minimum atomic E-state index is -4.76. The maximum absolute atomic E-state index is 12.5. The van der Waals surface area contributed by atoms with Gasteiger partial charge in [0.1, 0.15) is 11.8 Å². The van der Waals surface area contributed by atoms with E-state index in [1.54, 1.807) is 0 Å². The van der Waals surface area contributed by atoms with Crippen LogP contribution < -0.4 is 21.1 Å². The minimum absolute atomic E-state index is 0.0888. The lowest BCUT2D eigenvalue weighted by Crippen LogP contribution is -2.48. The van der Waals surface area contributed by atoms with Gasteiger partial charge in [0.25, 0.3) is 0 Å². The maximum Gasteiger partial charge on any atom is 0.573 e. The molecular weight excluding hydrogens is 387 g/mol. The van der Waals surface area contributed by atoms with Gasteiger partial charge in [-0.1, -0.05) is 42.5 Å². The second-order valence-corrected chi connectivity index (χ2v) is 6.26. The first-order valence-electron chi connectivity index (χ1n) is 8.92. The Bertz CT molecular complexity index is 796. The molecule has 0 spiro atoms. The highest BCUT2D eigenvalue weighted by Gasteiger charge is 2.31. The van der Waals surface area contributed by atoms with E-state index < -0.39 is 24.2 Å². The van der Waals surface area contributed by atoms with E-state index in [9.17, 15) is 22.8 Å². The number of carbonyl (C=O) groups excluding carboxylic acids is 2. The quantitative estimate of drug-likeness (QED) is 0.592. The Balaban J connectivity index is 1.93. The largest absolute Gasteiger partial charge is 0.573 e. The number of halogens is 3. The number of aryl methyl sites for hydroxylation is 1. The average molecular weight is 409 g/mol. The molecule has 2 aromatic rings. The van der Waals surface area contributed by atoms with Crippen LogP contribution in [0.1, 0.15) is 17.5 Å². The van der Waals surface area contributed by atoms with Crippen LogP contribution in [0.15, 0.2) is 54.6 Å². The van der Waals surface area contributed by atoms with E-state index in [2.05, 4.69) is 15.4 Å². The molecule has 0 radical (unpaired) electrons. The lowest BCUT2D eigenvalue weighted by Gasteiger charge is -2.18. The second kappa shape index (κ2) is 10.5. The van der Waals surface area contributed by atoms with Crippen molar-refractivity contribution in [3.05, 3.63) is 65.7 Å². The van der Waals surface area contributed by atoms with Crippen molar-refractivity contribution in [3.8, 4) is 5.75 Å². The molecule has 0 bridgehead atoms. The lowest BCUT2D eigenvalue weighted by atomic mass is 10.0. The molecule has 1 atom stereocenters. The first kappa shape index (κ1) is 22.2. The Morgan fingerprint density at radius 2 is 1.66 bits per heavy atom. The summed E-state index contributed by atoms with van der Waals surface area (Å²) in [5, 5.41) is 5.26. The molecule has 0 saturated carbocycles.